The summed E-state index contributed by atoms with van der Waals surface area (Å²) in [6.07, 6.45) is 2.72. The maximum atomic E-state index is 5.49. The third-order valence-electron chi connectivity index (χ3n) is 5.31. The van der Waals surface area contributed by atoms with E-state index in [0.29, 0.717) is 12.5 Å². The van der Waals surface area contributed by atoms with Crippen LogP contribution in [0, 0.1) is 5.92 Å². The average molecular weight is 380 g/mol. The van der Waals surface area contributed by atoms with Crippen LogP contribution in [0.5, 0.6) is 0 Å². The van der Waals surface area contributed by atoms with E-state index in [2.05, 4.69) is 69.5 Å². The van der Waals surface area contributed by atoms with E-state index >= 15 is 0 Å². The molecule has 1 saturated heterocycles. The number of aromatic nitrogens is 4. The van der Waals surface area contributed by atoms with Gasteiger partial charge in [0.2, 0.25) is 0 Å². The van der Waals surface area contributed by atoms with Crippen LogP contribution in [0.1, 0.15) is 37.9 Å². The zero-order valence-corrected chi connectivity index (χ0v) is 16.6. The molecule has 7 heteroatoms. The van der Waals surface area contributed by atoms with Crippen LogP contribution < -0.4 is 4.90 Å². The second-order valence-corrected chi connectivity index (χ2v) is 7.78. The normalized spacial score (nSPS) is 16.6. The molecule has 7 nitrogen and oxygen atoms in total. The molecule has 1 unspecified atom stereocenters. The molecule has 0 aliphatic carbocycles. The first-order valence-electron chi connectivity index (χ1n) is 10.0. The molecular weight excluding hydrogens is 352 g/mol. The predicted molar refractivity (Wildman–Crippen MR) is 108 cm³/mol. The van der Waals surface area contributed by atoms with Gasteiger partial charge in [-0.25, -0.2) is 4.68 Å². The van der Waals surface area contributed by atoms with Gasteiger partial charge in [0, 0.05) is 31.9 Å². The highest BCUT2D eigenvalue weighted by Crippen LogP contribution is 2.28. The molecule has 1 atom stereocenters. The fourth-order valence-corrected chi connectivity index (χ4v) is 3.91. The predicted octanol–water partition coefficient (Wildman–Crippen LogP) is 3.22. The third kappa shape index (κ3) is 4.25. The molecule has 148 valence electrons. The Morgan fingerprint density at radius 2 is 1.79 bits per heavy atom. The van der Waals surface area contributed by atoms with E-state index in [4.69, 9.17) is 4.42 Å². The topological polar surface area (TPSA) is 63.2 Å². The van der Waals surface area contributed by atoms with E-state index in [-0.39, 0.29) is 6.04 Å². The number of anilines is 1. The van der Waals surface area contributed by atoms with Crippen LogP contribution in [0.4, 0.5) is 5.69 Å². The summed E-state index contributed by atoms with van der Waals surface area (Å²) in [6, 6.07) is 14.7. The minimum atomic E-state index is 0.211. The molecule has 4 rings (SSSR count). The molecule has 28 heavy (non-hydrogen) atoms. The van der Waals surface area contributed by atoms with Gasteiger partial charge in [-0.3, -0.25) is 4.90 Å². The van der Waals surface area contributed by atoms with Crippen molar-refractivity contribution in [2.45, 2.75) is 32.9 Å². The molecule has 3 heterocycles. The van der Waals surface area contributed by atoms with Gasteiger partial charge in [-0.1, -0.05) is 32.0 Å². The van der Waals surface area contributed by atoms with Crippen LogP contribution in [-0.4, -0.2) is 51.3 Å². The van der Waals surface area contributed by atoms with Crippen molar-refractivity contribution in [2.75, 3.05) is 31.1 Å². The Hall–Kier alpha value is -2.67. The third-order valence-corrected chi connectivity index (χ3v) is 5.31. The van der Waals surface area contributed by atoms with Crippen LogP contribution in [0.3, 0.4) is 0 Å². The van der Waals surface area contributed by atoms with Crippen molar-refractivity contribution in [3.05, 3.63) is 60.3 Å². The summed E-state index contributed by atoms with van der Waals surface area (Å²) in [5.41, 5.74) is 1.30. The second kappa shape index (κ2) is 8.56. The van der Waals surface area contributed by atoms with Crippen LogP contribution in [0.2, 0.25) is 0 Å². The summed E-state index contributed by atoms with van der Waals surface area (Å²) in [6.45, 7) is 9.10. The molecule has 2 aromatic heterocycles. The molecule has 0 saturated carbocycles. The molecule has 0 N–H and O–H groups in total. The van der Waals surface area contributed by atoms with Crippen LogP contribution in [0.25, 0.3) is 0 Å². The van der Waals surface area contributed by atoms with E-state index in [0.717, 1.165) is 44.2 Å². The monoisotopic (exact) mass is 380 g/mol. The van der Waals surface area contributed by atoms with Gasteiger partial charge >= 0.3 is 0 Å². The number of rotatable bonds is 7. The van der Waals surface area contributed by atoms with Crippen molar-refractivity contribution in [2.24, 2.45) is 5.92 Å². The summed E-state index contributed by atoms with van der Waals surface area (Å²) in [5, 5.41) is 12.6. The molecule has 1 aromatic carbocycles. The van der Waals surface area contributed by atoms with Gasteiger partial charge in [0.1, 0.15) is 12.3 Å². The number of furan rings is 1. The van der Waals surface area contributed by atoms with Gasteiger partial charge in [-0.05, 0) is 47.0 Å². The average Bonchev–Trinajstić information content (AvgIpc) is 3.39. The smallest absolute Gasteiger partial charge is 0.168 e. The lowest BCUT2D eigenvalue weighted by molar-refractivity contribution is 0.153. The van der Waals surface area contributed by atoms with Crippen molar-refractivity contribution in [1.82, 2.24) is 25.1 Å². The molecule has 0 bridgehead atoms. The molecule has 1 aliphatic heterocycles. The summed E-state index contributed by atoms with van der Waals surface area (Å²) >= 11 is 0. The molecule has 0 spiro atoms. The van der Waals surface area contributed by atoms with E-state index in [1.165, 1.54) is 5.69 Å². The summed E-state index contributed by atoms with van der Waals surface area (Å²) in [4.78, 5) is 4.98. The Balaban J connectivity index is 1.49. The van der Waals surface area contributed by atoms with E-state index < -0.39 is 0 Å². The highest BCUT2D eigenvalue weighted by atomic mass is 16.3. The number of para-hydroxylation sites is 1. The fourth-order valence-electron chi connectivity index (χ4n) is 3.91. The molecule has 3 aromatic rings. The number of hydrogen-bond acceptors (Lipinski definition) is 6. The zero-order valence-electron chi connectivity index (χ0n) is 16.6. The SMILES string of the molecule is CC(C)CC(c1nnnn1Cc1ccco1)N1CCN(c2ccccc2)CC1. The molecule has 1 fully saturated rings. The Bertz CT molecular complexity index is 837. The Kier molecular flexibility index (Phi) is 5.71. The molecular formula is C21H28N6O. The highest BCUT2D eigenvalue weighted by Gasteiger charge is 2.30. The van der Waals surface area contributed by atoms with E-state index in [1.54, 1.807) is 6.26 Å². The summed E-state index contributed by atoms with van der Waals surface area (Å²) in [7, 11) is 0. The van der Waals surface area contributed by atoms with Gasteiger partial charge in [-0.15, -0.1) is 5.10 Å². The zero-order chi connectivity index (χ0) is 19.3. The number of nitrogens with zero attached hydrogens (tertiary/aromatic N) is 6. The highest BCUT2D eigenvalue weighted by molar-refractivity contribution is 5.46. The Labute approximate surface area is 165 Å². The first-order valence-corrected chi connectivity index (χ1v) is 10.0. The van der Waals surface area contributed by atoms with Crippen molar-refractivity contribution < 1.29 is 4.42 Å². The van der Waals surface area contributed by atoms with E-state index in [1.807, 2.05) is 16.8 Å². The number of tetrazole rings is 1. The van der Waals surface area contributed by atoms with Gasteiger partial charge in [0.05, 0.1) is 12.3 Å². The Morgan fingerprint density at radius 3 is 2.46 bits per heavy atom. The van der Waals surface area contributed by atoms with E-state index in [9.17, 15) is 0 Å². The van der Waals surface area contributed by atoms with Crippen LogP contribution in [-0.2, 0) is 6.54 Å². The maximum absolute atomic E-state index is 5.49. The van der Waals surface area contributed by atoms with Crippen molar-refractivity contribution in [3.63, 3.8) is 0 Å². The molecule has 0 amide bonds. The van der Waals surface area contributed by atoms with Gasteiger partial charge < -0.3 is 9.32 Å². The fraction of sp³-hybridized carbons (Fsp3) is 0.476. The minimum Gasteiger partial charge on any atom is -0.467 e. The van der Waals surface area contributed by atoms with Gasteiger partial charge in [-0.2, -0.15) is 0 Å². The Morgan fingerprint density at radius 1 is 1.00 bits per heavy atom. The van der Waals surface area contributed by atoms with Gasteiger partial charge in [0.15, 0.2) is 5.82 Å². The maximum Gasteiger partial charge on any atom is 0.168 e. The molecule has 0 radical (unpaired) electrons. The van der Waals surface area contributed by atoms with Crippen molar-refractivity contribution >= 4 is 5.69 Å². The first kappa shape index (κ1) is 18.7. The second-order valence-electron chi connectivity index (χ2n) is 7.78. The van der Waals surface area contributed by atoms with Crippen LogP contribution in [0.15, 0.2) is 53.1 Å². The lowest BCUT2D eigenvalue weighted by Gasteiger charge is -2.40. The van der Waals surface area contributed by atoms with Gasteiger partial charge in [0.25, 0.3) is 0 Å². The summed E-state index contributed by atoms with van der Waals surface area (Å²) in [5.74, 6) is 2.36. The lowest BCUT2D eigenvalue weighted by atomic mass is 10.0. The van der Waals surface area contributed by atoms with Crippen LogP contribution >= 0.6 is 0 Å². The van der Waals surface area contributed by atoms with Crippen molar-refractivity contribution in [3.8, 4) is 0 Å². The largest absolute Gasteiger partial charge is 0.467 e. The number of benzene rings is 1. The number of piperazine rings is 1. The van der Waals surface area contributed by atoms with Crippen molar-refractivity contribution in [1.29, 1.82) is 0 Å². The quantitative estimate of drug-likeness (QED) is 0.627. The lowest BCUT2D eigenvalue weighted by Crippen LogP contribution is -2.48. The minimum absolute atomic E-state index is 0.211. The molecule has 1 aliphatic rings. The standard InChI is InChI=1S/C21H28N6O/c1-17(2)15-20(21-22-23-24-27(21)16-19-9-6-14-28-19)26-12-10-25(11-13-26)18-7-4-3-5-8-18/h3-9,14,17,20H,10-13,15-16H2,1-2H3. The summed E-state index contributed by atoms with van der Waals surface area (Å²) < 4.78 is 7.38. The number of hydrogen-bond donors (Lipinski definition) is 0. The first-order chi connectivity index (χ1) is 13.7.